The number of piperazine rings is 1. The summed E-state index contributed by atoms with van der Waals surface area (Å²) >= 11 is 0. The summed E-state index contributed by atoms with van der Waals surface area (Å²) in [5.41, 5.74) is 7.54. The molecule has 1 fully saturated rings. The molecule has 2 rings (SSSR count). The highest BCUT2D eigenvalue weighted by molar-refractivity contribution is 5.96. The molecule has 1 aromatic rings. The molecule has 3 N–H and O–H groups in total. The molecule has 0 saturated carbocycles. The van der Waals surface area contributed by atoms with Crippen molar-refractivity contribution in [3.8, 4) is 0 Å². The molecule has 0 amide bonds. The molecular weight excluding hydrogens is 228 g/mol. The normalized spacial score (nSPS) is 19.1. The lowest BCUT2D eigenvalue weighted by molar-refractivity contribution is 0.148. The van der Waals surface area contributed by atoms with Crippen molar-refractivity contribution >= 4 is 5.84 Å². The first-order chi connectivity index (χ1) is 8.69. The van der Waals surface area contributed by atoms with Crippen LogP contribution in [0.2, 0.25) is 0 Å². The summed E-state index contributed by atoms with van der Waals surface area (Å²) < 4.78 is 0. The second-order valence-corrected chi connectivity index (χ2v) is 4.76. The fourth-order valence-corrected chi connectivity index (χ4v) is 2.10. The van der Waals surface area contributed by atoms with Crippen molar-refractivity contribution < 1.29 is 5.21 Å². The van der Waals surface area contributed by atoms with Gasteiger partial charge >= 0.3 is 0 Å². The van der Waals surface area contributed by atoms with E-state index in [0.717, 1.165) is 38.3 Å². The van der Waals surface area contributed by atoms with Crippen LogP contribution in [-0.2, 0) is 6.54 Å². The number of nitrogens with zero attached hydrogens (tertiary/aromatic N) is 3. The number of hydrogen-bond acceptors (Lipinski definition) is 4. The van der Waals surface area contributed by atoms with Gasteiger partial charge < -0.3 is 15.8 Å². The molecule has 1 aliphatic rings. The molecular formula is C13H20N4O. The monoisotopic (exact) mass is 248 g/mol. The van der Waals surface area contributed by atoms with Crippen molar-refractivity contribution in [2.45, 2.75) is 6.54 Å². The lowest BCUT2D eigenvalue weighted by atomic mass is 10.1. The molecule has 0 bridgehead atoms. The maximum absolute atomic E-state index is 8.59. The lowest BCUT2D eigenvalue weighted by Gasteiger charge is -2.32. The predicted octanol–water partition coefficient (Wildman–Crippen LogP) is 0.528. The van der Waals surface area contributed by atoms with E-state index in [1.165, 1.54) is 5.56 Å². The van der Waals surface area contributed by atoms with Crippen LogP contribution in [0.3, 0.4) is 0 Å². The molecule has 0 atom stereocenters. The summed E-state index contributed by atoms with van der Waals surface area (Å²) in [4.78, 5) is 4.79. The van der Waals surface area contributed by atoms with Crippen molar-refractivity contribution in [3.63, 3.8) is 0 Å². The third-order valence-corrected chi connectivity index (χ3v) is 3.36. The van der Waals surface area contributed by atoms with E-state index in [-0.39, 0.29) is 5.84 Å². The molecule has 0 unspecified atom stereocenters. The highest BCUT2D eigenvalue weighted by Gasteiger charge is 2.13. The molecule has 0 aromatic heterocycles. The van der Waals surface area contributed by atoms with E-state index in [2.05, 4.69) is 22.0 Å². The molecule has 0 radical (unpaired) electrons. The Kier molecular flexibility index (Phi) is 4.17. The Bertz CT molecular complexity index is 408. The first kappa shape index (κ1) is 12.9. The predicted molar refractivity (Wildman–Crippen MR) is 71.7 cm³/mol. The second-order valence-electron chi connectivity index (χ2n) is 4.76. The van der Waals surface area contributed by atoms with Crippen LogP contribution < -0.4 is 5.73 Å². The average Bonchev–Trinajstić information content (AvgIpc) is 2.41. The van der Waals surface area contributed by atoms with E-state index in [4.69, 9.17) is 10.9 Å². The maximum Gasteiger partial charge on any atom is 0.170 e. The zero-order valence-corrected chi connectivity index (χ0v) is 10.7. The largest absolute Gasteiger partial charge is 0.409 e. The van der Waals surface area contributed by atoms with Crippen LogP contribution in [0.5, 0.6) is 0 Å². The number of rotatable bonds is 3. The Labute approximate surface area is 107 Å². The van der Waals surface area contributed by atoms with Gasteiger partial charge in [0.1, 0.15) is 0 Å². The fourth-order valence-electron chi connectivity index (χ4n) is 2.10. The van der Waals surface area contributed by atoms with E-state index in [1.54, 1.807) is 0 Å². The van der Waals surface area contributed by atoms with E-state index < -0.39 is 0 Å². The highest BCUT2D eigenvalue weighted by Crippen LogP contribution is 2.09. The van der Waals surface area contributed by atoms with Crippen LogP contribution in [0.25, 0.3) is 0 Å². The van der Waals surface area contributed by atoms with Crippen molar-refractivity contribution in [3.05, 3.63) is 35.4 Å². The van der Waals surface area contributed by atoms with Gasteiger partial charge in [0.05, 0.1) is 0 Å². The molecule has 1 aromatic carbocycles. The quantitative estimate of drug-likeness (QED) is 0.354. The third-order valence-electron chi connectivity index (χ3n) is 3.36. The number of likely N-dealkylation sites (N-methyl/N-ethyl adjacent to an activating group) is 1. The zero-order valence-electron chi connectivity index (χ0n) is 10.7. The lowest BCUT2D eigenvalue weighted by Crippen LogP contribution is -2.43. The Morgan fingerprint density at radius 2 is 1.83 bits per heavy atom. The van der Waals surface area contributed by atoms with E-state index in [1.807, 2.05) is 24.3 Å². The first-order valence-electron chi connectivity index (χ1n) is 6.17. The fraction of sp³-hybridized carbons (Fsp3) is 0.462. The van der Waals surface area contributed by atoms with Crippen LogP contribution in [0.4, 0.5) is 0 Å². The van der Waals surface area contributed by atoms with Gasteiger partial charge in [-0.1, -0.05) is 29.4 Å². The zero-order chi connectivity index (χ0) is 13.0. The minimum atomic E-state index is 0.154. The molecule has 5 heteroatoms. The molecule has 98 valence electrons. The first-order valence-corrected chi connectivity index (χ1v) is 6.17. The topological polar surface area (TPSA) is 65.1 Å². The van der Waals surface area contributed by atoms with Crippen molar-refractivity contribution in [1.82, 2.24) is 9.80 Å². The second kappa shape index (κ2) is 5.84. The SMILES string of the molecule is CN1CCN(Cc2ccc(/C(N)=N/O)cc2)CC1. The number of hydrogen-bond donors (Lipinski definition) is 2. The van der Waals surface area contributed by atoms with Crippen molar-refractivity contribution in [1.29, 1.82) is 0 Å². The summed E-state index contributed by atoms with van der Waals surface area (Å²) in [6.07, 6.45) is 0. The van der Waals surface area contributed by atoms with Gasteiger partial charge in [0.15, 0.2) is 5.84 Å². The van der Waals surface area contributed by atoms with Gasteiger partial charge in [-0.05, 0) is 12.6 Å². The summed E-state index contributed by atoms with van der Waals surface area (Å²) in [7, 11) is 2.16. The van der Waals surface area contributed by atoms with Crippen molar-refractivity contribution in [2.24, 2.45) is 10.9 Å². The molecule has 1 aliphatic heterocycles. The Hall–Kier alpha value is -1.59. The molecule has 1 heterocycles. The number of nitrogens with two attached hydrogens (primary N) is 1. The van der Waals surface area contributed by atoms with E-state index in [9.17, 15) is 0 Å². The summed E-state index contributed by atoms with van der Waals surface area (Å²) in [6, 6.07) is 7.85. The van der Waals surface area contributed by atoms with Gasteiger partial charge in [0.2, 0.25) is 0 Å². The minimum Gasteiger partial charge on any atom is -0.409 e. The highest BCUT2D eigenvalue weighted by atomic mass is 16.4. The van der Waals surface area contributed by atoms with Crippen LogP contribution in [0.1, 0.15) is 11.1 Å². The van der Waals surface area contributed by atoms with Crippen LogP contribution in [0, 0.1) is 0 Å². The van der Waals surface area contributed by atoms with E-state index in [0.29, 0.717) is 0 Å². The third kappa shape index (κ3) is 3.21. The van der Waals surface area contributed by atoms with Gasteiger partial charge in [-0.3, -0.25) is 4.90 Å². The Balaban J connectivity index is 1.94. The summed E-state index contributed by atoms with van der Waals surface area (Å²) in [6.45, 7) is 5.44. The van der Waals surface area contributed by atoms with Crippen LogP contribution >= 0.6 is 0 Å². The number of oxime groups is 1. The van der Waals surface area contributed by atoms with Crippen LogP contribution in [0.15, 0.2) is 29.4 Å². The number of benzene rings is 1. The average molecular weight is 248 g/mol. The summed E-state index contributed by atoms with van der Waals surface area (Å²) in [5, 5.41) is 11.6. The van der Waals surface area contributed by atoms with Crippen molar-refractivity contribution in [2.75, 3.05) is 33.2 Å². The molecule has 1 saturated heterocycles. The standard InChI is InChI=1S/C13H20N4O/c1-16-6-8-17(9-7-16)10-11-2-4-12(5-3-11)13(14)15-18/h2-5,18H,6-10H2,1H3,(H2,14,15). The van der Waals surface area contributed by atoms with Gasteiger partial charge in [-0.15, -0.1) is 0 Å². The smallest absolute Gasteiger partial charge is 0.170 e. The molecule has 5 nitrogen and oxygen atoms in total. The molecule has 18 heavy (non-hydrogen) atoms. The van der Waals surface area contributed by atoms with Gasteiger partial charge in [-0.2, -0.15) is 0 Å². The minimum absolute atomic E-state index is 0.154. The maximum atomic E-state index is 8.59. The number of amidine groups is 1. The summed E-state index contributed by atoms with van der Waals surface area (Å²) in [5.74, 6) is 0.154. The van der Waals surface area contributed by atoms with Gasteiger partial charge in [-0.25, -0.2) is 0 Å². The Morgan fingerprint density at radius 1 is 1.22 bits per heavy atom. The Morgan fingerprint density at radius 3 is 2.39 bits per heavy atom. The van der Waals surface area contributed by atoms with Gasteiger partial charge in [0, 0.05) is 38.3 Å². The molecule has 0 spiro atoms. The van der Waals surface area contributed by atoms with Crippen LogP contribution in [-0.4, -0.2) is 54.1 Å². The van der Waals surface area contributed by atoms with Gasteiger partial charge in [0.25, 0.3) is 0 Å². The van der Waals surface area contributed by atoms with E-state index >= 15 is 0 Å². The molecule has 0 aliphatic carbocycles.